The van der Waals surface area contributed by atoms with Crippen molar-refractivity contribution in [2.24, 2.45) is 11.8 Å². The molecule has 9 nitrogen and oxygen atoms in total. The Morgan fingerprint density at radius 3 is 2.30 bits per heavy atom. The second-order valence-electron chi connectivity index (χ2n) is 9.88. The molecule has 0 bridgehead atoms. The van der Waals surface area contributed by atoms with E-state index in [-0.39, 0.29) is 35.1 Å². The largest absolute Gasteiger partial charge is 0.497 e. The van der Waals surface area contributed by atoms with Crippen LogP contribution in [0.15, 0.2) is 72.8 Å². The van der Waals surface area contributed by atoms with Crippen molar-refractivity contribution < 1.29 is 33.4 Å². The fourth-order valence-electron chi connectivity index (χ4n) is 5.52. The number of esters is 1. The smallest absolute Gasteiger partial charge is 0.338 e. The first-order valence-corrected chi connectivity index (χ1v) is 13.1. The minimum atomic E-state index is -0.710. The van der Waals surface area contributed by atoms with E-state index in [0.717, 1.165) is 6.42 Å². The van der Waals surface area contributed by atoms with E-state index >= 15 is 0 Å². The maximum atomic E-state index is 13.3. The number of ether oxygens (including phenoxy) is 3. The zero-order chi connectivity index (χ0) is 28.2. The highest BCUT2D eigenvalue weighted by Crippen LogP contribution is 2.45. The van der Waals surface area contributed by atoms with Gasteiger partial charge in [-0.1, -0.05) is 30.3 Å². The molecule has 40 heavy (non-hydrogen) atoms. The van der Waals surface area contributed by atoms with Crippen molar-refractivity contribution >= 4 is 35.1 Å². The van der Waals surface area contributed by atoms with E-state index < -0.39 is 18.5 Å². The lowest BCUT2D eigenvalue weighted by Crippen LogP contribution is -2.30. The molecule has 2 aliphatic rings. The summed E-state index contributed by atoms with van der Waals surface area (Å²) in [6.07, 6.45) is 2.17. The third kappa shape index (κ3) is 5.40. The third-order valence-corrected chi connectivity index (χ3v) is 7.57. The molecule has 3 aromatic carbocycles. The molecule has 1 aliphatic heterocycles. The topological polar surface area (TPSA) is 111 Å². The summed E-state index contributed by atoms with van der Waals surface area (Å²) in [6, 6.07) is 21.1. The lowest BCUT2D eigenvalue weighted by Gasteiger charge is -2.28. The van der Waals surface area contributed by atoms with Crippen molar-refractivity contribution in [1.29, 1.82) is 0 Å². The van der Waals surface area contributed by atoms with E-state index in [0.29, 0.717) is 35.7 Å². The maximum absolute atomic E-state index is 13.3. The van der Waals surface area contributed by atoms with Crippen LogP contribution in [0.4, 0.5) is 11.4 Å². The molecule has 3 amide bonds. The molecular formula is C31H30N2O7. The Hall–Kier alpha value is -4.66. The summed E-state index contributed by atoms with van der Waals surface area (Å²) < 4.78 is 15.6. The summed E-state index contributed by atoms with van der Waals surface area (Å²) in [5.74, 6) is -1.12. The molecule has 0 aromatic heterocycles. The van der Waals surface area contributed by atoms with Gasteiger partial charge in [0.05, 0.1) is 43.0 Å². The SMILES string of the molecule is COc1ccc(OC)c(NC(=O)COC(=O)c2ccc(N3C(=O)[C@H]4C[C@@H](c5ccccc5)CC[C@H]4C3=O)cc2)c1. The highest BCUT2D eigenvalue weighted by atomic mass is 16.5. The van der Waals surface area contributed by atoms with Gasteiger partial charge >= 0.3 is 5.97 Å². The Morgan fingerprint density at radius 2 is 1.60 bits per heavy atom. The van der Waals surface area contributed by atoms with Gasteiger partial charge in [0, 0.05) is 6.07 Å². The Morgan fingerprint density at radius 1 is 0.875 bits per heavy atom. The van der Waals surface area contributed by atoms with Gasteiger partial charge in [0.2, 0.25) is 11.8 Å². The number of rotatable bonds is 8. The van der Waals surface area contributed by atoms with Crippen LogP contribution in [0.5, 0.6) is 11.5 Å². The number of nitrogens with zero attached hydrogens (tertiary/aromatic N) is 1. The maximum Gasteiger partial charge on any atom is 0.338 e. The molecule has 206 valence electrons. The average Bonchev–Trinajstić information content (AvgIpc) is 3.25. The van der Waals surface area contributed by atoms with Gasteiger partial charge in [0.25, 0.3) is 5.91 Å². The van der Waals surface area contributed by atoms with Crippen LogP contribution in [-0.4, -0.2) is 44.5 Å². The lowest BCUT2D eigenvalue weighted by molar-refractivity contribution is -0.122. The third-order valence-electron chi connectivity index (χ3n) is 7.57. The molecule has 3 atom stereocenters. The second-order valence-corrected chi connectivity index (χ2v) is 9.88. The fourth-order valence-corrected chi connectivity index (χ4v) is 5.52. The molecule has 3 aromatic rings. The van der Waals surface area contributed by atoms with Crippen molar-refractivity contribution in [3.8, 4) is 11.5 Å². The number of fused-ring (bicyclic) bond motifs is 1. The number of carbonyl (C=O) groups is 4. The van der Waals surface area contributed by atoms with Crippen LogP contribution < -0.4 is 19.7 Å². The Labute approximate surface area is 232 Å². The molecule has 1 saturated heterocycles. The Balaban J connectivity index is 1.19. The first-order valence-electron chi connectivity index (χ1n) is 13.1. The molecular weight excluding hydrogens is 512 g/mol. The number of amides is 3. The van der Waals surface area contributed by atoms with Crippen LogP contribution in [0.1, 0.15) is 41.1 Å². The first kappa shape index (κ1) is 26.9. The molecule has 0 unspecified atom stereocenters. The average molecular weight is 543 g/mol. The van der Waals surface area contributed by atoms with Crippen molar-refractivity contribution in [3.05, 3.63) is 83.9 Å². The number of methoxy groups -OCH3 is 2. The number of hydrogen-bond acceptors (Lipinski definition) is 7. The molecule has 0 radical (unpaired) electrons. The van der Waals surface area contributed by atoms with Gasteiger partial charge < -0.3 is 19.5 Å². The van der Waals surface area contributed by atoms with E-state index in [9.17, 15) is 19.2 Å². The number of hydrogen-bond donors (Lipinski definition) is 1. The summed E-state index contributed by atoms with van der Waals surface area (Å²) in [5.41, 5.74) is 2.18. The Kier molecular flexibility index (Phi) is 7.82. The van der Waals surface area contributed by atoms with E-state index in [2.05, 4.69) is 17.4 Å². The van der Waals surface area contributed by atoms with E-state index in [4.69, 9.17) is 14.2 Å². The summed E-state index contributed by atoms with van der Waals surface area (Å²) in [5, 5.41) is 2.63. The van der Waals surface area contributed by atoms with Gasteiger partial charge in [-0.3, -0.25) is 19.3 Å². The van der Waals surface area contributed by atoms with Crippen LogP contribution in [0, 0.1) is 11.8 Å². The molecule has 1 aliphatic carbocycles. The number of anilines is 2. The van der Waals surface area contributed by atoms with Gasteiger partial charge in [-0.25, -0.2) is 4.79 Å². The fraction of sp³-hybridized carbons (Fsp3) is 0.290. The van der Waals surface area contributed by atoms with Crippen LogP contribution >= 0.6 is 0 Å². The number of nitrogens with one attached hydrogen (secondary N) is 1. The van der Waals surface area contributed by atoms with Crippen molar-refractivity contribution in [2.45, 2.75) is 25.2 Å². The lowest BCUT2D eigenvalue weighted by atomic mass is 9.73. The number of imide groups is 1. The van der Waals surface area contributed by atoms with Crippen LogP contribution in [0.3, 0.4) is 0 Å². The van der Waals surface area contributed by atoms with Gasteiger partial charge in [0.15, 0.2) is 6.61 Å². The predicted octanol–water partition coefficient (Wildman–Crippen LogP) is 4.57. The molecule has 1 N–H and O–H groups in total. The summed E-state index contributed by atoms with van der Waals surface area (Å²) in [6.45, 7) is -0.518. The highest BCUT2D eigenvalue weighted by molar-refractivity contribution is 6.22. The van der Waals surface area contributed by atoms with Crippen LogP contribution in [0.25, 0.3) is 0 Å². The number of carbonyl (C=O) groups excluding carboxylic acids is 4. The van der Waals surface area contributed by atoms with Crippen LogP contribution in [0.2, 0.25) is 0 Å². The van der Waals surface area contributed by atoms with Crippen LogP contribution in [-0.2, 0) is 19.1 Å². The summed E-state index contributed by atoms with van der Waals surface area (Å²) in [7, 11) is 2.98. The summed E-state index contributed by atoms with van der Waals surface area (Å²) >= 11 is 0. The molecule has 1 saturated carbocycles. The molecule has 5 rings (SSSR count). The molecule has 1 heterocycles. The Bertz CT molecular complexity index is 1420. The standard InChI is InChI=1S/C31H30N2O7/c1-38-23-13-15-27(39-2)26(17-23)32-28(34)18-40-31(37)20-8-11-22(12-9-20)33-29(35)24-14-10-21(16-25(24)30(33)36)19-6-4-3-5-7-19/h3-9,11-13,15,17,21,24-25H,10,14,16,18H2,1-2H3,(H,32,34)/t21-,24+,25-/m0/s1. The van der Waals surface area contributed by atoms with Crippen molar-refractivity contribution in [1.82, 2.24) is 0 Å². The van der Waals surface area contributed by atoms with Crippen molar-refractivity contribution in [2.75, 3.05) is 31.0 Å². The highest BCUT2D eigenvalue weighted by Gasteiger charge is 2.50. The quantitative estimate of drug-likeness (QED) is 0.328. The molecule has 2 fully saturated rings. The monoisotopic (exact) mass is 542 g/mol. The van der Waals surface area contributed by atoms with E-state index in [1.54, 1.807) is 30.3 Å². The van der Waals surface area contributed by atoms with E-state index in [1.165, 1.54) is 36.8 Å². The predicted molar refractivity (Wildman–Crippen MR) is 147 cm³/mol. The van der Waals surface area contributed by atoms with Gasteiger partial charge in [-0.2, -0.15) is 0 Å². The van der Waals surface area contributed by atoms with Gasteiger partial charge in [0.1, 0.15) is 11.5 Å². The number of benzene rings is 3. The zero-order valence-electron chi connectivity index (χ0n) is 22.3. The van der Waals surface area contributed by atoms with E-state index in [1.807, 2.05) is 18.2 Å². The first-order chi connectivity index (χ1) is 19.4. The molecule has 0 spiro atoms. The van der Waals surface area contributed by atoms with Gasteiger partial charge in [-0.15, -0.1) is 0 Å². The minimum Gasteiger partial charge on any atom is -0.497 e. The summed E-state index contributed by atoms with van der Waals surface area (Å²) in [4.78, 5) is 52.7. The second kappa shape index (κ2) is 11.6. The van der Waals surface area contributed by atoms with Crippen molar-refractivity contribution in [3.63, 3.8) is 0 Å². The zero-order valence-corrected chi connectivity index (χ0v) is 22.3. The normalized spacial score (nSPS) is 20.1. The minimum absolute atomic E-state index is 0.191. The molecule has 9 heteroatoms. The van der Waals surface area contributed by atoms with Gasteiger partial charge in [-0.05, 0) is 67.1 Å².